The number of nitrogens with zero attached hydrogens (tertiary/aromatic N) is 1. The van der Waals surface area contributed by atoms with Crippen LogP contribution in [0.2, 0.25) is 0 Å². The van der Waals surface area contributed by atoms with E-state index < -0.39 is 11.9 Å². The number of aliphatic carboxylic acids is 1. The third kappa shape index (κ3) is 4.37. The Hall–Kier alpha value is -2.24. The predicted molar refractivity (Wildman–Crippen MR) is 87.8 cm³/mol. The van der Waals surface area contributed by atoms with Crippen molar-refractivity contribution in [2.45, 2.75) is 27.2 Å². The quantitative estimate of drug-likeness (QED) is 0.894. The highest BCUT2D eigenvalue weighted by atomic mass is 16.5. The molecule has 0 bridgehead atoms. The van der Waals surface area contributed by atoms with Crippen molar-refractivity contribution < 1.29 is 19.4 Å². The standard InChI is InChI=1S/C17H24N2O4/c1-4-23-15-8-11(2)5-6-14(15)18-17(22)19-9-12(3)7-13(10-19)16(20)21/h5-6,8,12-13H,4,7,9-10H2,1-3H3,(H,18,22)(H,20,21). The number of amides is 2. The number of benzene rings is 1. The number of ether oxygens (including phenoxy) is 1. The second kappa shape index (κ2) is 7.35. The number of carboxylic acid groups (broad SMARTS) is 1. The molecule has 1 heterocycles. The number of piperidine rings is 1. The summed E-state index contributed by atoms with van der Waals surface area (Å²) in [5, 5.41) is 12.1. The summed E-state index contributed by atoms with van der Waals surface area (Å²) in [4.78, 5) is 25.3. The maximum Gasteiger partial charge on any atom is 0.321 e. The Morgan fingerprint density at radius 3 is 2.78 bits per heavy atom. The molecule has 1 saturated heterocycles. The maximum atomic E-state index is 12.5. The van der Waals surface area contributed by atoms with E-state index in [1.165, 1.54) is 0 Å². The molecule has 2 atom stereocenters. The molecule has 0 saturated carbocycles. The van der Waals surface area contributed by atoms with Crippen molar-refractivity contribution in [2.24, 2.45) is 11.8 Å². The van der Waals surface area contributed by atoms with Crippen molar-refractivity contribution in [2.75, 3.05) is 25.0 Å². The fourth-order valence-corrected chi connectivity index (χ4v) is 2.90. The minimum absolute atomic E-state index is 0.167. The lowest BCUT2D eigenvalue weighted by molar-refractivity contribution is -0.143. The first-order chi connectivity index (χ1) is 10.9. The predicted octanol–water partition coefficient (Wildman–Crippen LogP) is 2.97. The van der Waals surface area contributed by atoms with E-state index in [4.69, 9.17) is 4.74 Å². The molecule has 0 spiro atoms. The number of carboxylic acids is 1. The van der Waals surface area contributed by atoms with Crippen molar-refractivity contribution in [3.05, 3.63) is 23.8 Å². The van der Waals surface area contributed by atoms with Crippen molar-refractivity contribution in [3.63, 3.8) is 0 Å². The Morgan fingerprint density at radius 1 is 1.39 bits per heavy atom. The van der Waals surface area contributed by atoms with Gasteiger partial charge in [0.1, 0.15) is 5.75 Å². The minimum atomic E-state index is -0.848. The summed E-state index contributed by atoms with van der Waals surface area (Å²) in [6.07, 6.45) is 0.605. The van der Waals surface area contributed by atoms with E-state index in [2.05, 4.69) is 5.32 Å². The Labute approximate surface area is 136 Å². The highest BCUT2D eigenvalue weighted by molar-refractivity contribution is 5.91. The topological polar surface area (TPSA) is 78.9 Å². The van der Waals surface area contributed by atoms with Crippen LogP contribution in [0.15, 0.2) is 18.2 Å². The summed E-state index contributed by atoms with van der Waals surface area (Å²) in [5.74, 6) is -0.561. The number of hydrogen-bond donors (Lipinski definition) is 2. The van der Waals surface area contributed by atoms with Crippen LogP contribution in [0.25, 0.3) is 0 Å². The molecule has 2 unspecified atom stereocenters. The maximum absolute atomic E-state index is 12.5. The molecular weight excluding hydrogens is 296 g/mol. The normalized spacial score (nSPS) is 20.9. The van der Waals surface area contributed by atoms with Gasteiger partial charge in [0.2, 0.25) is 0 Å². The monoisotopic (exact) mass is 320 g/mol. The summed E-state index contributed by atoms with van der Waals surface area (Å²) in [5.41, 5.74) is 1.65. The average molecular weight is 320 g/mol. The smallest absolute Gasteiger partial charge is 0.321 e. The summed E-state index contributed by atoms with van der Waals surface area (Å²) < 4.78 is 5.56. The molecule has 6 heteroatoms. The van der Waals surface area contributed by atoms with Gasteiger partial charge in [-0.05, 0) is 43.9 Å². The Morgan fingerprint density at radius 2 is 2.13 bits per heavy atom. The molecule has 0 aliphatic carbocycles. The van der Waals surface area contributed by atoms with Crippen LogP contribution in [-0.4, -0.2) is 41.7 Å². The Bertz CT molecular complexity index is 588. The van der Waals surface area contributed by atoms with Crippen LogP contribution in [0.3, 0.4) is 0 Å². The molecule has 2 amide bonds. The molecule has 23 heavy (non-hydrogen) atoms. The zero-order valence-electron chi connectivity index (χ0n) is 13.8. The largest absolute Gasteiger partial charge is 0.492 e. The second-order valence-corrected chi connectivity index (χ2v) is 6.14. The molecule has 1 aromatic rings. The first-order valence-corrected chi connectivity index (χ1v) is 7.92. The number of carbonyl (C=O) groups excluding carboxylic acids is 1. The lowest BCUT2D eigenvalue weighted by atomic mass is 9.91. The van der Waals surface area contributed by atoms with E-state index in [1.54, 1.807) is 11.0 Å². The molecule has 126 valence electrons. The van der Waals surface area contributed by atoms with Crippen molar-refractivity contribution in [1.29, 1.82) is 0 Å². The number of nitrogens with one attached hydrogen (secondary N) is 1. The molecule has 0 aromatic heterocycles. The molecule has 2 rings (SSSR count). The third-order valence-corrected chi connectivity index (χ3v) is 3.97. The van der Waals surface area contributed by atoms with Crippen LogP contribution in [0.5, 0.6) is 5.75 Å². The van der Waals surface area contributed by atoms with E-state index in [1.807, 2.05) is 32.9 Å². The number of anilines is 1. The highest BCUT2D eigenvalue weighted by Crippen LogP contribution is 2.27. The second-order valence-electron chi connectivity index (χ2n) is 6.14. The van der Waals surface area contributed by atoms with Crippen molar-refractivity contribution >= 4 is 17.7 Å². The zero-order valence-corrected chi connectivity index (χ0v) is 13.8. The summed E-state index contributed by atoms with van der Waals surface area (Å²) >= 11 is 0. The molecule has 6 nitrogen and oxygen atoms in total. The number of rotatable bonds is 4. The van der Waals surface area contributed by atoms with Crippen LogP contribution < -0.4 is 10.1 Å². The fraction of sp³-hybridized carbons (Fsp3) is 0.529. The lowest BCUT2D eigenvalue weighted by Crippen LogP contribution is -2.47. The van der Waals surface area contributed by atoms with Crippen molar-refractivity contribution in [3.8, 4) is 5.75 Å². The SMILES string of the molecule is CCOc1cc(C)ccc1NC(=O)N1CC(C)CC(C(=O)O)C1. The Kier molecular flexibility index (Phi) is 5.47. The van der Waals surface area contributed by atoms with Gasteiger partial charge in [0.25, 0.3) is 0 Å². The van der Waals surface area contributed by atoms with E-state index >= 15 is 0 Å². The van der Waals surface area contributed by atoms with Gasteiger partial charge in [0, 0.05) is 13.1 Å². The molecule has 2 N–H and O–H groups in total. The number of carbonyl (C=O) groups is 2. The number of likely N-dealkylation sites (tertiary alicyclic amines) is 1. The van der Waals surface area contributed by atoms with Crippen molar-refractivity contribution in [1.82, 2.24) is 4.90 Å². The van der Waals surface area contributed by atoms with Gasteiger partial charge in [-0.15, -0.1) is 0 Å². The molecule has 1 fully saturated rings. The number of hydrogen-bond acceptors (Lipinski definition) is 3. The molecule has 1 aromatic carbocycles. The minimum Gasteiger partial charge on any atom is -0.492 e. The molecular formula is C17H24N2O4. The van der Waals surface area contributed by atoms with Gasteiger partial charge in [-0.2, -0.15) is 0 Å². The van der Waals surface area contributed by atoms with Gasteiger partial charge in [-0.3, -0.25) is 4.79 Å². The average Bonchev–Trinajstić information content (AvgIpc) is 2.49. The van der Waals surface area contributed by atoms with Gasteiger partial charge in [0.05, 0.1) is 18.2 Å². The summed E-state index contributed by atoms with van der Waals surface area (Å²) in [6, 6.07) is 5.29. The van der Waals surface area contributed by atoms with E-state index in [-0.39, 0.29) is 18.5 Å². The zero-order chi connectivity index (χ0) is 17.0. The summed E-state index contributed by atoms with van der Waals surface area (Å²) in [6.45, 7) is 7.11. The molecule has 0 radical (unpaired) electrons. The number of aryl methyl sites for hydroxylation is 1. The van der Waals surface area contributed by atoms with Gasteiger partial charge >= 0.3 is 12.0 Å². The van der Waals surface area contributed by atoms with Crippen LogP contribution >= 0.6 is 0 Å². The van der Waals surface area contributed by atoms with Gasteiger partial charge in [-0.1, -0.05) is 13.0 Å². The highest BCUT2D eigenvalue weighted by Gasteiger charge is 2.32. The first kappa shape index (κ1) is 17.1. The van der Waals surface area contributed by atoms with Crippen LogP contribution in [0.4, 0.5) is 10.5 Å². The van der Waals surface area contributed by atoms with E-state index in [0.717, 1.165) is 5.56 Å². The fourth-order valence-electron chi connectivity index (χ4n) is 2.90. The Balaban J connectivity index is 2.10. The van der Waals surface area contributed by atoms with Gasteiger partial charge in [-0.25, -0.2) is 4.79 Å². The lowest BCUT2D eigenvalue weighted by Gasteiger charge is -2.34. The first-order valence-electron chi connectivity index (χ1n) is 7.92. The summed E-state index contributed by atoms with van der Waals surface area (Å²) in [7, 11) is 0. The number of urea groups is 1. The van der Waals surface area contributed by atoms with Crippen LogP contribution in [0.1, 0.15) is 25.8 Å². The van der Waals surface area contributed by atoms with Gasteiger partial charge in [0.15, 0.2) is 0 Å². The van der Waals surface area contributed by atoms with Crippen LogP contribution in [-0.2, 0) is 4.79 Å². The van der Waals surface area contributed by atoms with E-state index in [9.17, 15) is 14.7 Å². The van der Waals surface area contributed by atoms with E-state index in [0.29, 0.717) is 31.0 Å². The molecule has 1 aliphatic rings. The third-order valence-electron chi connectivity index (χ3n) is 3.97. The molecule has 1 aliphatic heterocycles. The van der Waals surface area contributed by atoms with Gasteiger partial charge < -0.3 is 20.1 Å². The van der Waals surface area contributed by atoms with Crippen LogP contribution in [0, 0.1) is 18.8 Å².